The molecule has 0 spiro atoms. The largest absolute Gasteiger partial charge is 0.207 e. The lowest BCUT2D eigenvalue weighted by Crippen LogP contribution is -2.03. The van der Waals surface area contributed by atoms with Crippen molar-refractivity contribution < 1.29 is 8.78 Å². The minimum absolute atomic E-state index is 0.247. The van der Waals surface area contributed by atoms with E-state index in [2.05, 4.69) is 0 Å². The molecule has 0 aliphatic rings. The minimum atomic E-state index is -0.263. The fraction of sp³-hybridized carbons (Fsp3) is 0.133. The van der Waals surface area contributed by atoms with Crippen LogP contribution in [0.25, 0.3) is 0 Å². The number of hydrogen-bond donors (Lipinski definition) is 0. The van der Waals surface area contributed by atoms with Gasteiger partial charge in [-0.1, -0.05) is 43.3 Å². The molecule has 0 atom stereocenters. The summed E-state index contributed by atoms with van der Waals surface area (Å²) in [7, 11) is 0. The zero-order chi connectivity index (χ0) is 12.3. The summed E-state index contributed by atoms with van der Waals surface area (Å²) in [4.78, 5) is 0. The molecule has 87 valence electrons. The molecule has 0 unspecified atom stereocenters. The second kappa shape index (κ2) is 5.09. The van der Waals surface area contributed by atoms with Gasteiger partial charge >= 0.3 is 0 Å². The van der Waals surface area contributed by atoms with Crippen LogP contribution in [0.15, 0.2) is 48.5 Å². The first-order chi connectivity index (χ1) is 8.18. The first-order valence-corrected chi connectivity index (χ1v) is 5.49. The molecule has 0 amide bonds. The van der Waals surface area contributed by atoms with Gasteiger partial charge in [0.15, 0.2) is 0 Å². The maximum absolute atomic E-state index is 13.5. The van der Waals surface area contributed by atoms with Crippen molar-refractivity contribution in [2.45, 2.75) is 13.3 Å². The van der Waals surface area contributed by atoms with Crippen LogP contribution in [0.1, 0.15) is 18.1 Å². The highest BCUT2D eigenvalue weighted by atomic mass is 19.1. The van der Waals surface area contributed by atoms with Crippen LogP contribution < -0.4 is 0 Å². The lowest BCUT2D eigenvalue weighted by atomic mass is 9.93. The van der Waals surface area contributed by atoms with Crippen molar-refractivity contribution in [1.29, 1.82) is 0 Å². The molecule has 0 fully saturated rings. The highest BCUT2D eigenvalue weighted by molar-refractivity contribution is 5.34. The Bertz CT molecular complexity index is 506. The van der Waals surface area contributed by atoms with Crippen LogP contribution in [0.4, 0.5) is 8.78 Å². The lowest BCUT2D eigenvalue weighted by Gasteiger charge is -2.12. The molecule has 2 aromatic carbocycles. The Kier molecular flexibility index (Phi) is 3.52. The predicted octanol–water partition coefficient (Wildman–Crippen LogP) is 4.15. The Balaban J connectivity index is 2.20. The van der Waals surface area contributed by atoms with Crippen molar-refractivity contribution >= 4 is 0 Å². The average molecular weight is 231 g/mol. The van der Waals surface area contributed by atoms with Gasteiger partial charge in [-0.25, -0.2) is 8.78 Å². The van der Waals surface area contributed by atoms with Crippen LogP contribution in [-0.4, -0.2) is 0 Å². The standard InChI is InChI=1S/C15H13F2/c1-11(13-7-3-5-9-15(13)17)10-12-6-2-4-8-14(12)16/h2-9H,10H2,1H3. The van der Waals surface area contributed by atoms with E-state index in [1.165, 1.54) is 12.1 Å². The topological polar surface area (TPSA) is 0 Å². The molecule has 0 heterocycles. The maximum atomic E-state index is 13.5. The van der Waals surface area contributed by atoms with Gasteiger partial charge in [-0.05, 0) is 29.7 Å². The molecule has 0 aliphatic heterocycles. The molecular weight excluding hydrogens is 218 g/mol. The molecule has 1 radical (unpaired) electrons. The number of rotatable bonds is 3. The van der Waals surface area contributed by atoms with Crippen LogP contribution >= 0.6 is 0 Å². The third-order valence-corrected chi connectivity index (χ3v) is 2.75. The number of halogens is 2. The van der Waals surface area contributed by atoms with Crippen molar-refractivity contribution in [3.8, 4) is 0 Å². The van der Waals surface area contributed by atoms with E-state index < -0.39 is 0 Å². The molecular formula is C15H13F2. The Labute approximate surface area is 99.9 Å². The molecule has 0 saturated heterocycles. The molecule has 2 heteroatoms. The van der Waals surface area contributed by atoms with E-state index in [0.717, 1.165) is 5.92 Å². The Morgan fingerprint density at radius 3 is 2.12 bits per heavy atom. The van der Waals surface area contributed by atoms with Crippen LogP contribution in [0.2, 0.25) is 0 Å². The van der Waals surface area contributed by atoms with E-state index in [0.29, 0.717) is 17.5 Å². The van der Waals surface area contributed by atoms with E-state index >= 15 is 0 Å². The van der Waals surface area contributed by atoms with Gasteiger partial charge in [-0.15, -0.1) is 0 Å². The molecule has 0 aromatic heterocycles. The summed E-state index contributed by atoms with van der Waals surface area (Å²) in [6.45, 7) is 1.82. The minimum Gasteiger partial charge on any atom is -0.207 e. The fourth-order valence-electron chi connectivity index (χ4n) is 1.83. The highest BCUT2D eigenvalue weighted by Crippen LogP contribution is 2.22. The first-order valence-electron chi connectivity index (χ1n) is 5.49. The van der Waals surface area contributed by atoms with Gasteiger partial charge in [0, 0.05) is 5.92 Å². The Hall–Kier alpha value is -1.70. The van der Waals surface area contributed by atoms with Crippen molar-refractivity contribution in [2.75, 3.05) is 0 Å². The normalized spacial score (nSPS) is 10.8. The Morgan fingerprint density at radius 2 is 1.47 bits per heavy atom. The van der Waals surface area contributed by atoms with Gasteiger partial charge < -0.3 is 0 Å². The summed E-state index contributed by atoms with van der Waals surface area (Å²) < 4.78 is 27.0. The second-order valence-corrected chi connectivity index (χ2v) is 4.03. The second-order valence-electron chi connectivity index (χ2n) is 4.03. The molecule has 2 aromatic rings. The summed E-state index contributed by atoms with van der Waals surface area (Å²) in [5, 5.41) is 0. The molecule has 2 rings (SSSR count). The number of benzene rings is 2. The van der Waals surface area contributed by atoms with Crippen molar-refractivity contribution in [3.63, 3.8) is 0 Å². The summed E-state index contributed by atoms with van der Waals surface area (Å²) in [6, 6.07) is 13.1. The fourth-order valence-corrected chi connectivity index (χ4v) is 1.83. The van der Waals surface area contributed by atoms with E-state index in [1.54, 1.807) is 36.4 Å². The molecule has 0 nitrogen and oxygen atoms in total. The maximum Gasteiger partial charge on any atom is 0.126 e. The quantitative estimate of drug-likeness (QED) is 0.744. The van der Waals surface area contributed by atoms with Crippen LogP contribution in [-0.2, 0) is 6.42 Å². The summed E-state index contributed by atoms with van der Waals surface area (Å²) in [5.41, 5.74) is 1.14. The summed E-state index contributed by atoms with van der Waals surface area (Å²) in [6.07, 6.45) is 0.424. The SMILES string of the molecule is C[C](Cc1ccccc1F)c1ccccc1F. The van der Waals surface area contributed by atoms with E-state index in [9.17, 15) is 8.78 Å². The third-order valence-electron chi connectivity index (χ3n) is 2.75. The molecule has 0 aliphatic carbocycles. The van der Waals surface area contributed by atoms with Gasteiger partial charge in [-0.2, -0.15) is 0 Å². The van der Waals surface area contributed by atoms with Gasteiger partial charge in [0.1, 0.15) is 11.6 Å². The van der Waals surface area contributed by atoms with Gasteiger partial charge in [-0.3, -0.25) is 0 Å². The summed E-state index contributed by atoms with van der Waals surface area (Å²) in [5.74, 6) is 0.317. The lowest BCUT2D eigenvalue weighted by molar-refractivity contribution is 0.601. The van der Waals surface area contributed by atoms with E-state index in [-0.39, 0.29) is 11.6 Å². The monoisotopic (exact) mass is 231 g/mol. The van der Waals surface area contributed by atoms with Crippen molar-refractivity contribution in [2.24, 2.45) is 0 Å². The van der Waals surface area contributed by atoms with Crippen LogP contribution in [0.5, 0.6) is 0 Å². The van der Waals surface area contributed by atoms with Gasteiger partial charge in [0.05, 0.1) is 0 Å². The molecule has 17 heavy (non-hydrogen) atoms. The molecule has 0 saturated carbocycles. The van der Waals surface area contributed by atoms with E-state index in [4.69, 9.17) is 0 Å². The van der Waals surface area contributed by atoms with Gasteiger partial charge in [0.2, 0.25) is 0 Å². The smallest absolute Gasteiger partial charge is 0.126 e. The summed E-state index contributed by atoms with van der Waals surface area (Å²) >= 11 is 0. The van der Waals surface area contributed by atoms with E-state index in [1.807, 2.05) is 6.92 Å². The zero-order valence-corrected chi connectivity index (χ0v) is 9.58. The number of hydrogen-bond acceptors (Lipinski definition) is 0. The average Bonchev–Trinajstić information content (AvgIpc) is 2.32. The van der Waals surface area contributed by atoms with Crippen LogP contribution in [0.3, 0.4) is 0 Å². The molecule has 0 bridgehead atoms. The zero-order valence-electron chi connectivity index (χ0n) is 9.58. The highest BCUT2D eigenvalue weighted by Gasteiger charge is 2.13. The van der Waals surface area contributed by atoms with Crippen molar-refractivity contribution in [3.05, 3.63) is 77.2 Å². The molecule has 0 N–H and O–H groups in total. The Morgan fingerprint density at radius 1 is 0.882 bits per heavy atom. The first kappa shape index (κ1) is 11.8. The van der Waals surface area contributed by atoms with Crippen LogP contribution in [0, 0.1) is 17.6 Å². The van der Waals surface area contributed by atoms with Crippen molar-refractivity contribution in [1.82, 2.24) is 0 Å². The third kappa shape index (κ3) is 2.70. The van der Waals surface area contributed by atoms with Gasteiger partial charge in [0.25, 0.3) is 0 Å². The predicted molar refractivity (Wildman–Crippen MR) is 64.5 cm³/mol.